The highest BCUT2D eigenvalue weighted by atomic mass is 16.6. The third-order valence-corrected chi connectivity index (χ3v) is 12.5. The first kappa shape index (κ1) is 55.5. The van der Waals surface area contributed by atoms with Crippen molar-refractivity contribution in [1.82, 2.24) is 0 Å². The van der Waals surface area contributed by atoms with Crippen LogP contribution in [0.1, 0.15) is 219 Å². The Labute approximate surface area is 393 Å². The second-order valence-corrected chi connectivity index (χ2v) is 18.4. The third kappa shape index (κ3) is 30.4. The summed E-state index contributed by atoms with van der Waals surface area (Å²) in [5.41, 5.74) is 2.09. The highest BCUT2D eigenvalue weighted by Crippen LogP contribution is 2.32. The van der Waals surface area contributed by atoms with Crippen LogP contribution >= 0.6 is 0 Å². The molecule has 0 unspecified atom stereocenters. The molecule has 64 heavy (non-hydrogen) atoms. The normalized spacial score (nSPS) is 13.9. The van der Waals surface area contributed by atoms with Crippen molar-refractivity contribution in [2.24, 2.45) is 0 Å². The van der Waals surface area contributed by atoms with E-state index in [1.807, 2.05) is 24.3 Å². The minimum atomic E-state index is 0.419. The molecule has 1 aliphatic heterocycles. The summed E-state index contributed by atoms with van der Waals surface area (Å²) in [5.74, 6) is 2.86. The van der Waals surface area contributed by atoms with E-state index in [1.54, 1.807) is 0 Å². The molecule has 1 heterocycles. The van der Waals surface area contributed by atoms with Crippen LogP contribution in [0.5, 0.6) is 23.0 Å². The predicted molar refractivity (Wildman–Crippen MR) is 273 cm³/mol. The summed E-state index contributed by atoms with van der Waals surface area (Å²) in [4.78, 5) is 0. The Balaban J connectivity index is 1.25. The van der Waals surface area contributed by atoms with Gasteiger partial charge in [0.25, 0.3) is 0 Å². The average molecular weight is 895 g/mol. The quantitative estimate of drug-likeness (QED) is 0.0655. The van der Waals surface area contributed by atoms with Crippen molar-refractivity contribution in [1.29, 1.82) is 0 Å². The van der Waals surface area contributed by atoms with Gasteiger partial charge in [0.1, 0.15) is 26.4 Å². The van der Waals surface area contributed by atoms with E-state index < -0.39 is 0 Å². The summed E-state index contributed by atoms with van der Waals surface area (Å²) in [6.07, 6.45) is 44.3. The van der Waals surface area contributed by atoms with E-state index in [4.69, 9.17) is 28.4 Å². The lowest BCUT2D eigenvalue weighted by atomic mass is 10.0. The molecule has 8 nitrogen and oxygen atoms in total. The van der Waals surface area contributed by atoms with Crippen molar-refractivity contribution < 1.29 is 28.4 Å². The minimum Gasteiger partial charge on any atom is -0.487 e. The van der Waals surface area contributed by atoms with Crippen LogP contribution in [0.15, 0.2) is 36.4 Å². The molecule has 0 radical (unpaired) electrons. The van der Waals surface area contributed by atoms with E-state index in [1.165, 1.54) is 205 Å². The fourth-order valence-electron chi connectivity index (χ4n) is 8.56. The van der Waals surface area contributed by atoms with E-state index in [0.29, 0.717) is 64.4 Å². The Bertz CT molecular complexity index is 1230. The van der Waals surface area contributed by atoms with Crippen molar-refractivity contribution in [3.8, 4) is 23.0 Å². The van der Waals surface area contributed by atoms with Crippen LogP contribution in [0.3, 0.4) is 0 Å². The smallest absolute Gasteiger partial charge is 0.163 e. The SMILES string of the molecule is CCCCCCCCCCCCCCCCCCNc1ccc2c(c1)OCCOCCOc1cc(NCCCCCCCCCCCCCCCCCC)ccc1OCCOCCO2. The van der Waals surface area contributed by atoms with E-state index in [0.717, 1.165) is 36.0 Å². The zero-order valence-corrected chi connectivity index (χ0v) is 41.6. The number of hydrogen-bond donors (Lipinski definition) is 2. The lowest BCUT2D eigenvalue weighted by Crippen LogP contribution is -2.15. The molecular formula is C56H98N2O6. The predicted octanol–water partition coefficient (Wildman–Crippen LogP) is 16.3. The van der Waals surface area contributed by atoms with Crippen LogP contribution in [0, 0.1) is 0 Å². The molecule has 0 spiro atoms. The summed E-state index contributed by atoms with van der Waals surface area (Å²) in [6.45, 7) is 10.00. The summed E-state index contributed by atoms with van der Waals surface area (Å²) >= 11 is 0. The second kappa shape index (κ2) is 41.6. The average Bonchev–Trinajstić information content (AvgIpc) is 3.31. The molecule has 2 N–H and O–H groups in total. The molecule has 1 aliphatic rings. The van der Waals surface area contributed by atoms with Crippen LogP contribution in [-0.4, -0.2) is 65.9 Å². The number of unbranched alkanes of at least 4 members (excludes halogenated alkanes) is 30. The van der Waals surface area contributed by atoms with Gasteiger partial charge in [-0.2, -0.15) is 0 Å². The zero-order valence-electron chi connectivity index (χ0n) is 41.6. The van der Waals surface area contributed by atoms with E-state index in [-0.39, 0.29) is 0 Å². The number of rotatable bonds is 36. The Morgan fingerprint density at radius 3 is 0.828 bits per heavy atom. The van der Waals surface area contributed by atoms with Gasteiger partial charge in [-0.15, -0.1) is 0 Å². The van der Waals surface area contributed by atoms with Gasteiger partial charge < -0.3 is 39.1 Å². The maximum absolute atomic E-state index is 6.19. The molecule has 8 heteroatoms. The molecule has 3 rings (SSSR count). The molecule has 368 valence electrons. The van der Waals surface area contributed by atoms with Gasteiger partial charge in [0.15, 0.2) is 23.0 Å². The topological polar surface area (TPSA) is 79.4 Å². The van der Waals surface area contributed by atoms with Crippen LogP contribution in [-0.2, 0) is 9.47 Å². The van der Waals surface area contributed by atoms with Crippen LogP contribution in [0.4, 0.5) is 11.4 Å². The summed E-state index contributed by atoms with van der Waals surface area (Å²) < 4.78 is 36.4. The number of ether oxygens (including phenoxy) is 6. The van der Waals surface area contributed by atoms with Gasteiger partial charge in [-0.1, -0.05) is 206 Å². The first-order valence-electron chi connectivity index (χ1n) is 27.2. The molecule has 0 amide bonds. The monoisotopic (exact) mass is 895 g/mol. The Hall–Kier alpha value is -2.84. The van der Waals surface area contributed by atoms with Crippen molar-refractivity contribution >= 4 is 11.4 Å². The van der Waals surface area contributed by atoms with Gasteiger partial charge in [-0.25, -0.2) is 0 Å². The third-order valence-electron chi connectivity index (χ3n) is 12.5. The largest absolute Gasteiger partial charge is 0.487 e. The van der Waals surface area contributed by atoms with Crippen LogP contribution in [0.25, 0.3) is 0 Å². The number of anilines is 2. The highest BCUT2D eigenvalue weighted by molar-refractivity contribution is 5.55. The summed E-state index contributed by atoms with van der Waals surface area (Å²) in [5, 5.41) is 7.20. The van der Waals surface area contributed by atoms with E-state index in [9.17, 15) is 0 Å². The lowest BCUT2D eigenvalue weighted by molar-refractivity contribution is 0.0640. The zero-order chi connectivity index (χ0) is 45.1. The number of fused-ring (bicyclic) bond motifs is 2. The first-order valence-corrected chi connectivity index (χ1v) is 27.2. The Kier molecular flexibility index (Phi) is 36.1. The van der Waals surface area contributed by atoms with Gasteiger partial charge in [0.2, 0.25) is 0 Å². The molecule has 0 saturated carbocycles. The van der Waals surface area contributed by atoms with Gasteiger partial charge in [0.05, 0.1) is 26.4 Å². The Morgan fingerprint density at radius 2 is 0.547 bits per heavy atom. The highest BCUT2D eigenvalue weighted by Gasteiger charge is 2.11. The summed E-state index contributed by atoms with van der Waals surface area (Å²) in [6, 6.07) is 12.2. The van der Waals surface area contributed by atoms with Gasteiger partial charge in [-0.3, -0.25) is 0 Å². The standard InChI is InChI=1S/C56H98N2O6/c1-3-5-7-9-11-13-15-17-19-21-23-25-27-29-31-33-39-57-51-35-37-53-55(49-51)63-47-43-60-44-48-64-56-50-52(36-38-54(56)62-46-42-59-41-45-61-53)58-40-34-32-30-28-26-24-22-20-18-16-14-12-10-8-6-4-2/h35-38,49-50,57-58H,3-34,39-48H2,1-2H3. The molecule has 0 aromatic heterocycles. The van der Waals surface area contributed by atoms with Crippen molar-refractivity contribution in [2.45, 2.75) is 219 Å². The first-order chi connectivity index (χ1) is 31.8. The van der Waals surface area contributed by atoms with Crippen LogP contribution < -0.4 is 29.6 Å². The minimum absolute atomic E-state index is 0.419. The number of benzene rings is 2. The molecular weight excluding hydrogens is 797 g/mol. The Morgan fingerprint density at radius 1 is 0.297 bits per heavy atom. The second-order valence-electron chi connectivity index (χ2n) is 18.4. The van der Waals surface area contributed by atoms with E-state index >= 15 is 0 Å². The molecule has 2 aromatic rings. The maximum atomic E-state index is 6.19. The van der Waals surface area contributed by atoms with Gasteiger partial charge in [-0.05, 0) is 37.1 Å². The van der Waals surface area contributed by atoms with Crippen molar-refractivity contribution in [2.75, 3.05) is 76.6 Å². The maximum Gasteiger partial charge on any atom is 0.163 e. The fourth-order valence-corrected chi connectivity index (χ4v) is 8.56. The fraction of sp³-hybridized carbons (Fsp3) is 0.786. The van der Waals surface area contributed by atoms with Gasteiger partial charge in [0, 0.05) is 36.6 Å². The molecule has 2 aromatic carbocycles. The number of hydrogen-bond acceptors (Lipinski definition) is 8. The van der Waals surface area contributed by atoms with E-state index in [2.05, 4.69) is 36.6 Å². The number of nitrogens with one attached hydrogen (secondary N) is 2. The molecule has 0 saturated heterocycles. The van der Waals surface area contributed by atoms with Crippen LogP contribution in [0.2, 0.25) is 0 Å². The molecule has 0 fully saturated rings. The summed E-state index contributed by atoms with van der Waals surface area (Å²) in [7, 11) is 0. The molecule has 0 aliphatic carbocycles. The molecule has 0 atom stereocenters. The van der Waals surface area contributed by atoms with Gasteiger partial charge >= 0.3 is 0 Å². The lowest BCUT2D eigenvalue weighted by Gasteiger charge is -2.17. The molecule has 0 bridgehead atoms. The van der Waals surface area contributed by atoms with Crippen molar-refractivity contribution in [3.05, 3.63) is 36.4 Å². The van der Waals surface area contributed by atoms with Crippen molar-refractivity contribution in [3.63, 3.8) is 0 Å².